The van der Waals surface area contributed by atoms with Crippen LogP contribution in [0.3, 0.4) is 0 Å². The summed E-state index contributed by atoms with van der Waals surface area (Å²) >= 11 is 0. The summed E-state index contributed by atoms with van der Waals surface area (Å²) in [6.45, 7) is 2.34. The highest BCUT2D eigenvalue weighted by molar-refractivity contribution is 6.22. The average Bonchev–Trinajstić information content (AvgIpc) is 3.54. The topological polar surface area (TPSA) is 38.7 Å². The Labute approximate surface area is 325 Å². The van der Waals surface area contributed by atoms with Gasteiger partial charge in [-0.25, -0.2) is 15.0 Å². The van der Waals surface area contributed by atoms with Crippen molar-refractivity contribution in [1.82, 2.24) is 15.0 Å². The van der Waals surface area contributed by atoms with E-state index in [1.807, 2.05) is 18.2 Å². The lowest BCUT2D eigenvalue weighted by molar-refractivity contribution is 0.714. The van der Waals surface area contributed by atoms with Gasteiger partial charge >= 0.3 is 0 Å². The molecular weight excluding hydrogens is 679 g/mol. The Morgan fingerprint density at radius 3 is 1.70 bits per heavy atom. The lowest BCUT2D eigenvalue weighted by atomic mass is 9.74. The van der Waals surface area contributed by atoms with E-state index in [4.69, 9.17) is 15.0 Å². The molecule has 3 nitrogen and oxygen atoms in total. The fraction of sp³-hybridized carbons (Fsp3) is 0.0377. The lowest BCUT2D eigenvalue weighted by Gasteiger charge is -2.28. The van der Waals surface area contributed by atoms with Crippen LogP contribution in [0.1, 0.15) is 23.6 Å². The van der Waals surface area contributed by atoms with Crippen LogP contribution in [0.25, 0.3) is 88.7 Å². The van der Waals surface area contributed by atoms with Crippen molar-refractivity contribution in [3.8, 4) is 56.4 Å². The van der Waals surface area contributed by atoms with E-state index >= 15 is 0 Å². The zero-order chi connectivity index (χ0) is 37.2. The summed E-state index contributed by atoms with van der Waals surface area (Å²) in [5, 5.41) is 7.45. The molecule has 1 aliphatic carbocycles. The zero-order valence-electron chi connectivity index (χ0n) is 30.8. The molecule has 1 unspecified atom stereocenters. The van der Waals surface area contributed by atoms with Crippen molar-refractivity contribution in [3.05, 3.63) is 211 Å². The smallest absolute Gasteiger partial charge is 0.164 e. The summed E-state index contributed by atoms with van der Waals surface area (Å²) in [5.74, 6) is 1.95. The van der Waals surface area contributed by atoms with Gasteiger partial charge in [-0.2, -0.15) is 0 Å². The predicted octanol–water partition coefficient (Wildman–Crippen LogP) is 13.3. The van der Waals surface area contributed by atoms with E-state index in [9.17, 15) is 0 Å². The van der Waals surface area contributed by atoms with E-state index < -0.39 is 0 Å². The van der Waals surface area contributed by atoms with Gasteiger partial charge in [0.15, 0.2) is 17.5 Å². The van der Waals surface area contributed by atoms with Crippen LogP contribution >= 0.6 is 0 Å². The largest absolute Gasteiger partial charge is 0.208 e. The molecule has 1 aliphatic rings. The van der Waals surface area contributed by atoms with E-state index in [1.165, 1.54) is 65.7 Å². The third-order valence-electron chi connectivity index (χ3n) is 11.8. The Hall–Kier alpha value is -7.23. The quantitative estimate of drug-likeness (QED) is 0.132. The lowest BCUT2D eigenvalue weighted by Crippen LogP contribution is -2.22. The summed E-state index contributed by atoms with van der Waals surface area (Å²) in [6, 6.07) is 69.4. The number of hydrogen-bond acceptors (Lipinski definition) is 3. The fourth-order valence-corrected chi connectivity index (χ4v) is 9.08. The van der Waals surface area contributed by atoms with Gasteiger partial charge in [0.05, 0.1) is 0 Å². The number of benzene rings is 9. The molecule has 0 amide bonds. The SMILES string of the molecule is CC1(c2ccccc2)c2ccccc2-c2c(-c3nc(-c4ccccc4)nc(-c4ccc(-c5c6ccccc6cc6ccc7ccccc7c56)cc4)n3)cccc21. The van der Waals surface area contributed by atoms with Gasteiger partial charge < -0.3 is 0 Å². The Bertz CT molecular complexity index is 3130. The molecule has 1 aromatic heterocycles. The van der Waals surface area contributed by atoms with Crippen molar-refractivity contribution in [1.29, 1.82) is 0 Å². The van der Waals surface area contributed by atoms with Crippen LogP contribution < -0.4 is 0 Å². The van der Waals surface area contributed by atoms with Crippen LogP contribution in [0.5, 0.6) is 0 Å². The molecule has 262 valence electrons. The molecule has 0 bridgehead atoms. The van der Waals surface area contributed by atoms with Crippen molar-refractivity contribution in [2.24, 2.45) is 0 Å². The molecule has 9 aromatic carbocycles. The van der Waals surface area contributed by atoms with E-state index in [0.717, 1.165) is 22.3 Å². The normalized spacial score (nSPS) is 14.6. The second-order valence-electron chi connectivity index (χ2n) is 14.9. The fourth-order valence-electron chi connectivity index (χ4n) is 9.08. The van der Waals surface area contributed by atoms with Gasteiger partial charge in [-0.15, -0.1) is 0 Å². The molecule has 0 saturated carbocycles. The number of hydrogen-bond donors (Lipinski definition) is 0. The first-order valence-electron chi connectivity index (χ1n) is 19.2. The van der Waals surface area contributed by atoms with Gasteiger partial charge in [-0.1, -0.05) is 188 Å². The molecule has 1 heterocycles. The average molecular weight is 714 g/mol. The van der Waals surface area contributed by atoms with Crippen LogP contribution in [-0.4, -0.2) is 15.0 Å². The van der Waals surface area contributed by atoms with Crippen LogP contribution in [-0.2, 0) is 5.41 Å². The van der Waals surface area contributed by atoms with E-state index in [-0.39, 0.29) is 5.41 Å². The molecule has 0 spiro atoms. The van der Waals surface area contributed by atoms with Gasteiger partial charge in [0.25, 0.3) is 0 Å². The molecule has 0 fully saturated rings. The van der Waals surface area contributed by atoms with Crippen LogP contribution in [0.15, 0.2) is 194 Å². The molecule has 0 N–H and O–H groups in total. The van der Waals surface area contributed by atoms with Gasteiger partial charge in [0.1, 0.15) is 0 Å². The van der Waals surface area contributed by atoms with Crippen molar-refractivity contribution >= 4 is 32.3 Å². The maximum atomic E-state index is 5.29. The minimum absolute atomic E-state index is 0.325. The summed E-state index contributed by atoms with van der Waals surface area (Å²) in [4.78, 5) is 15.6. The highest BCUT2D eigenvalue weighted by Crippen LogP contribution is 2.54. The molecular formula is C53H35N3. The van der Waals surface area contributed by atoms with E-state index in [1.54, 1.807) is 0 Å². The first-order valence-corrected chi connectivity index (χ1v) is 19.2. The van der Waals surface area contributed by atoms with Crippen molar-refractivity contribution in [3.63, 3.8) is 0 Å². The first-order chi connectivity index (χ1) is 27.6. The highest BCUT2D eigenvalue weighted by Gasteiger charge is 2.42. The van der Waals surface area contributed by atoms with Gasteiger partial charge in [0.2, 0.25) is 0 Å². The monoisotopic (exact) mass is 713 g/mol. The minimum Gasteiger partial charge on any atom is -0.208 e. The molecule has 1 atom stereocenters. The highest BCUT2D eigenvalue weighted by atomic mass is 15.0. The second-order valence-corrected chi connectivity index (χ2v) is 14.9. The van der Waals surface area contributed by atoms with Gasteiger partial charge in [-0.3, -0.25) is 0 Å². The predicted molar refractivity (Wildman–Crippen MR) is 232 cm³/mol. The Morgan fingerprint density at radius 1 is 0.357 bits per heavy atom. The minimum atomic E-state index is -0.325. The maximum absolute atomic E-state index is 5.29. The third kappa shape index (κ3) is 4.94. The first kappa shape index (κ1) is 32.2. The second kappa shape index (κ2) is 12.7. The molecule has 0 saturated heterocycles. The summed E-state index contributed by atoms with van der Waals surface area (Å²) in [6.07, 6.45) is 0. The Kier molecular flexibility index (Phi) is 7.30. The Morgan fingerprint density at radius 2 is 0.911 bits per heavy atom. The number of nitrogens with zero attached hydrogens (tertiary/aromatic N) is 3. The third-order valence-corrected chi connectivity index (χ3v) is 11.8. The van der Waals surface area contributed by atoms with Crippen LogP contribution in [0, 0.1) is 0 Å². The summed E-state index contributed by atoms with van der Waals surface area (Å²) in [5.41, 5.74) is 11.1. The van der Waals surface area contributed by atoms with Crippen molar-refractivity contribution < 1.29 is 0 Å². The number of rotatable bonds is 5. The van der Waals surface area contributed by atoms with Crippen molar-refractivity contribution in [2.45, 2.75) is 12.3 Å². The zero-order valence-corrected chi connectivity index (χ0v) is 30.8. The molecule has 0 radical (unpaired) electrons. The number of aromatic nitrogens is 3. The van der Waals surface area contributed by atoms with Gasteiger partial charge in [0, 0.05) is 22.1 Å². The summed E-state index contributed by atoms with van der Waals surface area (Å²) in [7, 11) is 0. The molecule has 0 aliphatic heterocycles. The molecule has 3 heteroatoms. The molecule has 10 aromatic rings. The van der Waals surface area contributed by atoms with Crippen LogP contribution in [0.2, 0.25) is 0 Å². The standard InChI is InChI=1S/C53H35N3/c1-53(40-19-6-3-7-20-40)45-25-13-12-23-43(45)49-44(24-14-26-46(49)53)52-55-50(36-16-4-2-5-17-36)54-51(56-52)37-30-28-35(29-31-37)47-42-22-11-9-18-38(42)33-39-32-27-34-15-8-10-21-41(34)48(39)47/h2-33H,1H3. The van der Waals surface area contributed by atoms with Crippen LogP contribution in [0.4, 0.5) is 0 Å². The number of fused-ring (bicyclic) bond motifs is 7. The van der Waals surface area contributed by atoms with Crippen molar-refractivity contribution in [2.75, 3.05) is 0 Å². The van der Waals surface area contributed by atoms with E-state index in [2.05, 4.69) is 183 Å². The maximum Gasteiger partial charge on any atom is 0.164 e. The van der Waals surface area contributed by atoms with E-state index in [0.29, 0.717) is 17.5 Å². The Balaban J connectivity index is 1.10. The molecule has 11 rings (SSSR count). The van der Waals surface area contributed by atoms with Gasteiger partial charge in [-0.05, 0) is 84.3 Å². The summed E-state index contributed by atoms with van der Waals surface area (Å²) < 4.78 is 0. The molecule has 56 heavy (non-hydrogen) atoms.